The van der Waals surface area contributed by atoms with E-state index in [1.807, 2.05) is 0 Å². The highest BCUT2D eigenvalue weighted by molar-refractivity contribution is 7.89. The molecule has 0 saturated carbocycles. The van der Waals surface area contributed by atoms with E-state index in [0.29, 0.717) is 18.7 Å². The summed E-state index contributed by atoms with van der Waals surface area (Å²) in [5.41, 5.74) is 0.327. The first kappa shape index (κ1) is 20.6. The Bertz CT molecular complexity index is 615. The third-order valence-electron chi connectivity index (χ3n) is 3.19. The van der Waals surface area contributed by atoms with Gasteiger partial charge in [-0.2, -0.15) is 0 Å². The van der Waals surface area contributed by atoms with E-state index < -0.39 is 10.0 Å². The lowest BCUT2D eigenvalue weighted by Crippen LogP contribution is -2.30. The van der Waals surface area contributed by atoms with Gasteiger partial charge in [0.05, 0.1) is 4.90 Å². The van der Waals surface area contributed by atoms with Crippen LogP contribution in [0.15, 0.2) is 29.2 Å². The molecule has 1 aromatic carbocycles. The number of hydrogen-bond donors (Lipinski definition) is 2. The Kier molecular flexibility index (Phi) is 8.95. The minimum atomic E-state index is -3.60. The zero-order valence-electron chi connectivity index (χ0n) is 14.7. The van der Waals surface area contributed by atoms with Crippen LogP contribution in [-0.2, 0) is 14.8 Å². The van der Waals surface area contributed by atoms with Crippen LogP contribution in [0, 0.1) is 0 Å². The predicted octanol–water partition coefficient (Wildman–Crippen LogP) is 2.31. The summed E-state index contributed by atoms with van der Waals surface area (Å²) in [6.07, 6.45) is 2.86. The molecule has 0 saturated heterocycles. The summed E-state index contributed by atoms with van der Waals surface area (Å²) in [6, 6.07) is 5.82. The normalized spacial score (nSPS) is 11.7. The van der Waals surface area contributed by atoms with Gasteiger partial charge in [-0.1, -0.05) is 19.4 Å². The van der Waals surface area contributed by atoms with Crippen LogP contribution in [0.4, 0.5) is 0 Å². The van der Waals surface area contributed by atoms with Gasteiger partial charge < -0.3 is 10.1 Å². The van der Waals surface area contributed by atoms with Crippen molar-refractivity contribution in [1.29, 1.82) is 0 Å². The molecule has 0 fully saturated rings. The standard InChI is InChI=1S/C17H28N2O4S/c1-4-5-11-23-12-7-10-18-17(20)15-8-6-9-16(13-15)24(21,22)19-14(2)3/h6,8-9,13-14,19H,4-5,7,10-12H2,1-3H3,(H,18,20). The molecule has 0 radical (unpaired) electrons. The van der Waals surface area contributed by atoms with Crippen molar-refractivity contribution in [2.24, 2.45) is 0 Å². The van der Waals surface area contributed by atoms with Crippen molar-refractivity contribution >= 4 is 15.9 Å². The van der Waals surface area contributed by atoms with Crippen LogP contribution in [0.1, 0.15) is 50.4 Å². The Morgan fingerprint density at radius 3 is 2.58 bits per heavy atom. The fourth-order valence-corrected chi connectivity index (χ4v) is 3.31. The SMILES string of the molecule is CCCCOCCCNC(=O)c1cccc(S(=O)(=O)NC(C)C)c1. The molecule has 2 N–H and O–H groups in total. The molecule has 0 unspecified atom stereocenters. The number of unbranched alkanes of at least 4 members (excludes halogenated alkanes) is 1. The summed E-state index contributed by atoms with van der Waals surface area (Å²) in [5.74, 6) is -0.287. The van der Waals surface area contributed by atoms with Crippen molar-refractivity contribution in [3.63, 3.8) is 0 Å². The van der Waals surface area contributed by atoms with Crippen LogP contribution in [-0.4, -0.2) is 40.1 Å². The van der Waals surface area contributed by atoms with Gasteiger partial charge in [0.15, 0.2) is 0 Å². The fraction of sp³-hybridized carbons (Fsp3) is 0.588. The van der Waals surface area contributed by atoms with E-state index in [1.165, 1.54) is 12.1 Å². The zero-order chi connectivity index (χ0) is 18.0. The minimum Gasteiger partial charge on any atom is -0.381 e. The first-order chi connectivity index (χ1) is 11.4. The number of sulfonamides is 1. The number of ether oxygens (including phenoxy) is 1. The molecular weight excluding hydrogens is 328 g/mol. The molecule has 0 heterocycles. The van der Waals surface area contributed by atoms with E-state index in [2.05, 4.69) is 17.0 Å². The first-order valence-corrected chi connectivity index (χ1v) is 9.83. The summed E-state index contributed by atoms with van der Waals surface area (Å²) in [7, 11) is -3.60. The molecule has 1 aromatic rings. The van der Waals surface area contributed by atoms with E-state index in [4.69, 9.17) is 4.74 Å². The average molecular weight is 356 g/mol. The molecule has 136 valence electrons. The van der Waals surface area contributed by atoms with Crippen LogP contribution >= 0.6 is 0 Å². The number of nitrogens with one attached hydrogen (secondary N) is 2. The number of rotatable bonds is 11. The Morgan fingerprint density at radius 1 is 1.21 bits per heavy atom. The highest BCUT2D eigenvalue weighted by Gasteiger charge is 2.17. The van der Waals surface area contributed by atoms with Gasteiger partial charge in [0, 0.05) is 31.4 Å². The van der Waals surface area contributed by atoms with Crippen molar-refractivity contribution in [1.82, 2.24) is 10.0 Å². The maximum absolute atomic E-state index is 12.1. The summed E-state index contributed by atoms with van der Waals surface area (Å²) in [4.78, 5) is 12.2. The van der Waals surface area contributed by atoms with Gasteiger partial charge in [-0.25, -0.2) is 13.1 Å². The van der Waals surface area contributed by atoms with Crippen LogP contribution < -0.4 is 10.0 Å². The lowest BCUT2D eigenvalue weighted by Gasteiger charge is -2.11. The molecule has 1 rings (SSSR count). The summed E-state index contributed by atoms with van der Waals surface area (Å²) in [5, 5.41) is 2.78. The van der Waals surface area contributed by atoms with E-state index in [-0.39, 0.29) is 16.8 Å². The number of benzene rings is 1. The van der Waals surface area contributed by atoms with E-state index in [1.54, 1.807) is 26.0 Å². The molecule has 0 atom stereocenters. The molecule has 24 heavy (non-hydrogen) atoms. The Hall–Kier alpha value is -1.44. The van der Waals surface area contributed by atoms with Crippen molar-refractivity contribution in [2.45, 2.75) is 51.0 Å². The second-order valence-corrected chi connectivity index (χ2v) is 7.59. The quantitative estimate of drug-likeness (QED) is 0.596. The smallest absolute Gasteiger partial charge is 0.251 e. The molecule has 7 heteroatoms. The van der Waals surface area contributed by atoms with Gasteiger partial charge in [0.2, 0.25) is 10.0 Å². The lowest BCUT2D eigenvalue weighted by molar-refractivity contribution is 0.0940. The average Bonchev–Trinajstić information content (AvgIpc) is 2.53. The highest BCUT2D eigenvalue weighted by Crippen LogP contribution is 2.12. The summed E-state index contributed by atoms with van der Waals surface area (Å²) >= 11 is 0. The molecule has 6 nitrogen and oxygen atoms in total. The molecule has 1 amide bonds. The number of amides is 1. The van der Waals surface area contributed by atoms with Crippen molar-refractivity contribution in [2.75, 3.05) is 19.8 Å². The Balaban J connectivity index is 2.52. The van der Waals surface area contributed by atoms with E-state index in [9.17, 15) is 13.2 Å². The maximum atomic E-state index is 12.1. The lowest BCUT2D eigenvalue weighted by atomic mass is 10.2. The van der Waals surface area contributed by atoms with Crippen LogP contribution in [0.3, 0.4) is 0 Å². The largest absolute Gasteiger partial charge is 0.381 e. The fourth-order valence-electron chi connectivity index (χ4n) is 2.01. The summed E-state index contributed by atoms with van der Waals surface area (Å²) < 4.78 is 32.2. The molecule has 0 spiro atoms. The maximum Gasteiger partial charge on any atom is 0.251 e. The van der Waals surface area contributed by atoms with Gasteiger partial charge in [-0.15, -0.1) is 0 Å². The predicted molar refractivity (Wildman–Crippen MR) is 94.6 cm³/mol. The number of carbonyl (C=O) groups excluding carboxylic acids is 1. The van der Waals surface area contributed by atoms with Gasteiger partial charge in [-0.3, -0.25) is 4.79 Å². The molecular formula is C17H28N2O4S. The number of carbonyl (C=O) groups is 1. The molecule has 0 aromatic heterocycles. The van der Waals surface area contributed by atoms with Crippen molar-refractivity contribution < 1.29 is 17.9 Å². The molecule has 0 aliphatic carbocycles. The van der Waals surface area contributed by atoms with Crippen LogP contribution in [0.5, 0.6) is 0 Å². The van der Waals surface area contributed by atoms with Gasteiger partial charge >= 0.3 is 0 Å². The monoisotopic (exact) mass is 356 g/mol. The second kappa shape index (κ2) is 10.4. The number of hydrogen-bond acceptors (Lipinski definition) is 4. The molecule has 0 aliphatic heterocycles. The topological polar surface area (TPSA) is 84.5 Å². The minimum absolute atomic E-state index is 0.0896. The van der Waals surface area contributed by atoms with Crippen molar-refractivity contribution in [3.8, 4) is 0 Å². The zero-order valence-corrected chi connectivity index (χ0v) is 15.5. The highest BCUT2D eigenvalue weighted by atomic mass is 32.2. The van der Waals surface area contributed by atoms with E-state index >= 15 is 0 Å². The van der Waals surface area contributed by atoms with E-state index in [0.717, 1.165) is 25.9 Å². The Morgan fingerprint density at radius 2 is 1.92 bits per heavy atom. The second-order valence-electron chi connectivity index (χ2n) is 5.88. The summed E-state index contributed by atoms with van der Waals surface area (Å²) in [6.45, 7) is 7.44. The third kappa shape index (κ3) is 7.42. The van der Waals surface area contributed by atoms with Crippen LogP contribution in [0.2, 0.25) is 0 Å². The molecule has 0 aliphatic rings. The van der Waals surface area contributed by atoms with Crippen molar-refractivity contribution in [3.05, 3.63) is 29.8 Å². The third-order valence-corrected chi connectivity index (χ3v) is 4.85. The Labute approximate surface area is 145 Å². The van der Waals surface area contributed by atoms with Gasteiger partial charge in [0.1, 0.15) is 0 Å². The van der Waals surface area contributed by atoms with Gasteiger partial charge in [0.25, 0.3) is 5.91 Å². The van der Waals surface area contributed by atoms with Crippen LogP contribution in [0.25, 0.3) is 0 Å². The van der Waals surface area contributed by atoms with Gasteiger partial charge in [-0.05, 0) is 44.9 Å². The first-order valence-electron chi connectivity index (χ1n) is 8.35. The molecule has 0 bridgehead atoms.